The van der Waals surface area contributed by atoms with Crippen LogP contribution in [0.15, 0.2) is 30.5 Å². The highest BCUT2D eigenvalue weighted by Gasteiger charge is 2.31. The molecule has 7 nitrogen and oxygen atoms in total. The van der Waals surface area contributed by atoms with Crippen molar-refractivity contribution in [2.75, 3.05) is 7.11 Å². The molecule has 0 aliphatic heterocycles. The van der Waals surface area contributed by atoms with Gasteiger partial charge < -0.3 is 19.9 Å². The fraction of sp³-hybridized carbons (Fsp3) is 0.381. The van der Waals surface area contributed by atoms with Gasteiger partial charge in [-0.15, -0.1) is 0 Å². The molecule has 1 aliphatic rings. The van der Waals surface area contributed by atoms with E-state index in [2.05, 4.69) is 10.3 Å². The summed E-state index contributed by atoms with van der Waals surface area (Å²) >= 11 is 0. The van der Waals surface area contributed by atoms with Crippen LogP contribution in [-0.4, -0.2) is 41.2 Å². The van der Waals surface area contributed by atoms with Crippen LogP contribution in [0.5, 0.6) is 11.5 Å². The van der Waals surface area contributed by atoms with Gasteiger partial charge in [0.05, 0.1) is 7.11 Å². The topological polar surface area (TPSA) is 97.8 Å². The molecule has 3 rings (SSSR count). The van der Waals surface area contributed by atoms with Gasteiger partial charge in [0.1, 0.15) is 18.0 Å². The van der Waals surface area contributed by atoms with Crippen LogP contribution in [0.25, 0.3) is 0 Å². The molecule has 1 amide bonds. The number of benzene rings is 1. The van der Waals surface area contributed by atoms with Gasteiger partial charge in [0.25, 0.3) is 5.91 Å². The zero-order chi connectivity index (χ0) is 21.1. The van der Waals surface area contributed by atoms with E-state index in [0.29, 0.717) is 12.8 Å². The van der Waals surface area contributed by atoms with Gasteiger partial charge in [0.2, 0.25) is 0 Å². The molecule has 0 fully saturated rings. The van der Waals surface area contributed by atoms with E-state index >= 15 is 0 Å². The highest BCUT2D eigenvalue weighted by atomic mass is 19.1. The van der Waals surface area contributed by atoms with E-state index in [1.807, 2.05) is 6.92 Å². The number of ether oxygens (including phenoxy) is 2. The molecule has 0 bridgehead atoms. The number of esters is 1. The third kappa shape index (κ3) is 4.31. The van der Waals surface area contributed by atoms with Crippen molar-refractivity contribution in [3.05, 3.63) is 53.1 Å². The normalized spacial score (nSPS) is 19.0. The Morgan fingerprint density at radius 2 is 2.10 bits per heavy atom. The summed E-state index contributed by atoms with van der Waals surface area (Å²) in [7, 11) is 1.36. The fourth-order valence-electron chi connectivity index (χ4n) is 3.49. The lowest BCUT2D eigenvalue weighted by molar-refractivity contribution is -0.152. The lowest BCUT2D eigenvalue weighted by Crippen LogP contribution is -2.42. The molecule has 1 aliphatic carbocycles. The van der Waals surface area contributed by atoms with Gasteiger partial charge in [-0.05, 0) is 43.0 Å². The third-order valence-corrected chi connectivity index (χ3v) is 5.14. The number of halogens is 1. The minimum Gasteiger partial charge on any atom is -0.503 e. The van der Waals surface area contributed by atoms with Gasteiger partial charge in [-0.2, -0.15) is 0 Å². The first-order valence-electron chi connectivity index (χ1n) is 9.33. The van der Waals surface area contributed by atoms with Crippen LogP contribution < -0.4 is 10.1 Å². The zero-order valence-corrected chi connectivity index (χ0v) is 16.4. The van der Waals surface area contributed by atoms with E-state index in [9.17, 15) is 19.1 Å². The van der Waals surface area contributed by atoms with E-state index < -0.39 is 23.7 Å². The minimum atomic E-state index is -0.947. The molecule has 0 saturated heterocycles. The van der Waals surface area contributed by atoms with Crippen molar-refractivity contribution >= 4 is 11.9 Å². The van der Waals surface area contributed by atoms with E-state index in [1.165, 1.54) is 38.4 Å². The first-order chi connectivity index (χ1) is 13.8. The van der Waals surface area contributed by atoms with E-state index in [-0.39, 0.29) is 29.3 Å². The number of aromatic nitrogens is 1. The Balaban J connectivity index is 1.64. The number of methoxy groups -OCH3 is 1. The van der Waals surface area contributed by atoms with Crippen molar-refractivity contribution in [3.63, 3.8) is 0 Å². The van der Waals surface area contributed by atoms with Crippen molar-refractivity contribution in [3.8, 4) is 11.5 Å². The molecular formula is C21H23FN2O5. The van der Waals surface area contributed by atoms with Gasteiger partial charge in [0.15, 0.2) is 17.2 Å². The molecule has 0 spiro atoms. The van der Waals surface area contributed by atoms with Crippen LogP contribution in [-0.2, 0) is 16.0 Å². The van der Waals surface area contributed by atoms with Crippen molar-refractivity contribution in [2.24, 2.45) is 0 Å². The summed E-state index contributed by atoms with van der Waals surface area (Å²) in [6, 6.07) is 5.10. The second-order valence-electron chi connectivity index (χ2n) is 7.05. The Hall–Kier alpha value is -3.16. The Bertz CT molecular complexity index is 933. The molecule has 29 heavy (non-hydrogen) atoms. The summed E-state index contributed by atoms with van der Waals surface area (Å²) in [5.74, 6) is -1.98. The maximum Gasteiger partial charge on any atom is 0.328 e. The monoisotopic (exact) mass is 402 g/mol. The van der Waals surface area contributed by atoms with Gasteiger partial charge in [-0.3, -0.25) is 4.79 Å². The average Bonchev–Trinajstić information content (AvgIpc) is 2.70. The predicted octanol–water partition coefficient (Wildman–Crippen LogP) is 2.71. The molecule has 1 aromatic carbocycles. The number of rotatable bonds is 5. The number of fused-ring (bicyclic) bond motifs is 1. The number of nitrogens with zero attached hydrogens (tertiary/aromatic N) is 1. The third-order valence-electron chi connectivity index (χ3n) is 5.14. The van der Waals surface area contributed by atoms with Crippen LogP contribution in [0.3, 0.4) is 0 Å². The molecule has 2 unspecified atom stereocenters. The standard InChI is InChI=1S/C21H23FN2O5/c1-11-15-6-5-14(22)10-13(15)4-7-16(11)29-21(27)12(2)24-20(26)18-19(25)17(28-3)8-9-23-18/h5-6,8-12,16,25H,4,7H2,1-3H3,(H,24,26)/t11?,12-,16?/m0/s1. The second-order valence-corrected chi connectivity index (χ2v) is 7.05. The number of hydrogen-bond donors (Lipinski definition) is 2. The number of carbonyl (C=O) groups excluding carboxylic acids is 2. The lowest BCUT2D eigenvalue weighted by atomic mass is 9.82. The maximum absolute atomic E-state index is 13.4. The van der Waals surface area contributed by atoms with Crippen LogP contribution >= 0.6 is 0 Å². The van der Waals surface area contributed by atoms with Crippen LogP contribution in [0.2, 0.25) is 0 Å². The van der Waals surface area contributed by atoms with Gasteiger partial charge >= 0.3 is 5.97 Å². The van der Waals surface area contributed by atoms with E-state index in [0.717, 1.165) is 11.1 Å². The number of nitrogens with one attached hydrogen (secondary N) is 1. The highest BCUT2D eigenvalue weighted by molar-refractivity contribution is 5.97. The summed E-state index contributed by atoms with van der Waals surface area (Å²) in [4.78, 5) is 28.7. The summed E-state index contributed by atoms with van der Waals surface area (Å²) in [6.07, 6.45) is 2.13. The number of amides is 1. The van der Waals surface area contributed by atoms with Crippen LogP contribution in [0, 0.1) is 5.82 Å². The fourth-order valence-corrected chi connectivity index (χ4v) is 3.49. The van der Waals surface area contributed by atoms with E-state index in [4.69, 9.17) is 9.47 Å². The number of aryl methyl sites for hydroxylation is 1. The van der Waals surface area contributed by atoms with Gasteiger partial charge in [0, 0.05) is 18.2 Å². The smallest absolute Gasteiger partial charge is 0.328 e. The highest BCUT2D eigenvalue weighted by Crippen LogP contribution is 2.34. The molecule has 8 heteroatoms. The predicted molar refractivity (Wildman–Crippen MR) is 102 cm³/mol. The molecular weight excluding hydrogens is 379 g/mol. The van der Waals surface area contributed by atoms with Crippen molar-refractivity contribution in [2.45, 2.75) is 44.8 Å². The first-order valence-corrected chi connectivity index (χ1v) is 9.33. The summed E-state index contributed by atoms with van der Waals surface area (Å²) in [5.41, 5.74) is 1.63. The number of carbonyl (C=O) groups is 2. The second kappa shape index (κ2) is 8.46. The van der Waals surface area contributed by atoms with Crippen molar-refractivity contribution in [1.82, 2.24) is 10.3 Å². The molecule has 1 heterocycles. The average molecular weight is 402 g/mol. The number of hydrogen-bond acceptors (Lipinski definition) is 6. The van der Waals surface area contributed by atoms with Crippen molar-refractivity contribution in [1.29, 1.82) is 0 Å². The molecule has 0 radical (unpaired) electrons. The maximum atomic E-state index is 13.4. The van der Waals surface area contributed by atoms with Gasteiger partial charge in [-0.25, -0.2) is 14.2 Å². The molecule has 2 aromatic rings. The SMILES string of the molecule is COc1ccnc(C(=O)N[C@@H](C)C(=O)OC2CCc3cc(F)ccc3C2C)c1O. The molecule has 1 aromatic heterocycles. The first kappa shape index (κ1) is 20.6. The lowest BCUT2D eigenvalue weighted by Gasteiger charge is -2.31. The van der Waals surface area contributed by atoms with Crippen molar-refractivity contribution < 1.29 is 28.6 Å². The summed E-state index contributed by atoms with van der Waals surface area (Å²) < 4.78 is 24.0. The number of aromatic hydroxyl groups is 1. The zero-order valence-electron chi connectivity index (χ0n) is 16.4. The largest absolute Gasteiger partial charge is 0.503 e. The quantitative estimate of drug-likeness (QED) is 0.747. The Morgan fingerprint density at radius 3 is 2.83 bits per heavy atom. The summed E-state index contributed by atoms with van der Waals surface area (Å²) in [6.45, 7) is 3.42. The Labute approximate surface area is 167 Å². The Kier molecular flexibility index (Phi) is 6.00. The summed E-state index contributed by atoms with van der Waals surface area (Å²) in [5, 5.41) is 12.5. The van der Waals surface area contributed by atoms with Crippen LogP contribution in [0.4, 0.5) is 4.39 Å². The van der Waals surface area contributed by atoms with E-state index in [1.54, 1.807) is 6.07 Å². The molecule has 154 valence electrons. The Morgan fingerprint density at radius 1 is 1.34 bits per heavy atom. The molecule has 0 saturated carbocycles. The number of pyridine rings is 1. The molecule has 3 atom stereocenters. The van der Waals surface area contributed by atoms with Crippen LogP contribution in [0.1, 0.15) is 47.8 Å². The van der Waals surface area contributed by atoms with Gasteiger partial charge in [-0.1, -0.05) is 13.0 Å². The minimum absolute atomic E-state index is 0.0877. The molecule has 2 N–H and O–H groups in total.